The Morgan fingerprint density at radius 1 is 0.906 bits per heavy atom. The van der Waals surface area contributed by atoms with Gasteiger partial charge in [0.15, 0.2) is 0 Å². The van der Waals surface area contributed by atoms with E-state index < -0.39 is 6.04 Å². The lowest BCUT2D eigenvalue weighted by Gasteiger charge is -2.27. The highest BCUT2D eigenvalue weighted by Gasteiger charge is 2.25. The largest absolute Gasteiger partial charge is 0.354 e. The Morgan fingerprint density at radius 3 is 2.25 bits per heavy atom. The third-order valence-corrected chi connectivity index (χ3v) is 6.85. The second kappa shape index (κ2) is 11.1. The van der Waals surface area contributed by atoms with Crippen LogP contribution in [0.15, 0.2) is 78.2 Å². The minimum Gasteiger partial charge on any atom is -0.354 e. The first-order valence-corrected chi connectivity index (χ1v) is 12.0. The van der Waals surface area contributed by atoms with E-state index in [1.54, 1.807) is 23.5 Å². The van der Waals surface area contributed by atoms with Gasteiger partial charge in [-0.1, -0.05) is 54.6 Å². The fourth-order valence-corrected chi connectivity index (χ4v) is 5.04. The van der Waals surface area contributed by atoms with Gasteiger partial charge in [0.2, 0.25) is 5.91 Å². The molecule has 2 aromatic carbocycles. The molecular weight excluding hydrogens is 418 g/mol. The summed E-state index contributed by atoms with van der Waals surface area (Å²) in [6.07, 6.45) is 2.61. The standard InChI is InChI=1S/C26H29N3O2S/c30-25(27-19-23(24-14-9-17-32-24)29-15-7-8-16-29)18-22(20-10-3-1-4-11-20)28-26(31)21-12-5-2-6-13-21/h1-6,9-14,17,22-23H,7-8,15-16,18-19H2,(H,27,30)(H,28,31). The quantitative estimate of drug-likeness (QED) is 0.505. The molecule has 2 amide bonds. The van der Waals surface area contributed by atoms with E-state index in [-0.39, 0.29) is 24.3 Å². The number of hydrogen-bond donors (Lipinski definition) is 2. The SMILES string of the molecule is O=C(CC(NC(=O)c1ccccc1)c1ccccc1)NCC(c1cccs1)N1CCCC1. The molecule has 5 nitrogen and oxygen atoms in total. The molecule has 32 heavy (non-hydrogen) atoms. The Labute approximate surface area is 193 Å². The van der Waals surface area contributed by atoms with Gasteiger partial charge in [-0.2, -0.15) is 0 Å². The third kappa shape index (κ3) is 5.84. The molecule has 0 saturated carbocycles. The molecular formula is C26H29N3O2S. The van der Waals surface area contributed by atoms with Gasteiger partial charge in [-0.25, -0.2) is 0 Å². The van der Waals surface area contributed by atoms with E-state index in [0.717, 1.165) is 18.7 Å². The fourth-order valence-electron chi connectivity index (χ4n) is 4.18. The van der Waals surface area contributed by atoms with Crippen molar-refractivity contribution >= 4 is 23.2 Å². The first kappa shape index (κ1) is 22.2. The van der Waals surface area contributed by atoms with Crippen LogP contribution in [0, 0.1) is 0 Å². The molecule has 2 unspecified atom stereocenters. The van der Waals surface area contributed by atoms with Gasteiger partial charge in [-0.15, -0.1) is 11.3 Å². The highest BCUT2D eigenvalue weighted by atomic mass is 32.1. The molecule has 2 N–H and O–H groups in total. The summed E-state index contributed by atoms with van der Waals surface area (Å²) in [5.41, 5.74) is 1.50. The molecule has 1 aliphatic heterocycles. The molecule has 1 fully saturated rings. The average Bonchev–Trinajstić information content (AvgIpc) is 3.55. The Hall–Kier alpha value is -2.96. The van der Waals surface area contributed by atoms with Crippen molar-refractivity contribution in [2.24, 2.45) is 0 Å². The third-order valence-electron chi connectivity index (χ3n) is 5.88. The summed E-state index contributed by atoms with van der Waals surface area (Å²) in [4.78, 5) is 29.5. The molecule has 1 aromatic heterocycles. The van der Waals surface area contributed by atoms with E-state index in [9.17, 15) is 9.59 Å². The van der Waals surface area contributed by atoms with Crippen molar-refractivity contribution in [3.05, 3.63) is 94.2 Å². The number of amides is 2. The van der Waals surface area contributed by atoms with E-state index in [0.29, 0.717) is 12.1 Å². The average molecular weight is 448 g/mol. The Morgan fingerprint density at radius 2 is 1.59 bits per heavy atom. The van der Waals surface area contributed by atoms with Crippen molar-refractivity contribution in [2.75, 3.05) is 19.6 Å². The highest BCUT2D eigenvalue weighted by molar-refractivity contribution is 7.10. The van der Waals surface area contributed by atoms with Gasteiger partial charge in [-0.05, 0) is 55.1 Å². The van der Waals surface area contributed by atoms with Crippen LogP contribution >= 0.6 is 11.3 Å². The van der Waals surface area contributed by atoms with E-state index >= 15 is 0 Å². The first-order chi connectivity index (χ1) is 15.7. The number of carbonyl (C=O) groups is 2. The number of hydrogen-bond acceptors (Lipinski definition) is 4. The van der Waals surface area contributed by atoms with Crippen LogP contribution in [-0.2, 0) is 4.79 Å². The Bertz CT molecular complexity index is 986. The predicted octanol–water partition coefficient (Wildman–Crippen LogP) is 4.56. The Balaban J connectivity index is 1.42. The fraction of sp³-hybridized carbons (Fsp3) is 0.308. The van der Waals surface area contributed by atoms with E-state index in [2.05, 4.69) is 33.0 Å². The van der Waals surface area contributed by atoms with Gasteiger partial charge >= 0.3 is 0 Å². The number of rotatable bonds is 9. The van der Waals surface area contributed by atoms with E-state index in [1.165, 1.54) is 17.7 Å². The number of benzene rings is 2. The van der Waals surface area contributed by atoms with Crippen LogP contribution in [0.4, 0.5) is 0 Å². The zero-order valence-electron chi connectivity index (χ0n) is 18.1. The van der Waals surface area contributed by atoms with Crippen LogP contribution in [0.5, 0.6) is 0 Å². The van der Waals surface area contributed by atoms with Crippen LogP contribution in [0.1, 0.15) is 52.1 Å². The summed E-state index contributed by atoms with van der Waals surface area (Å²) in [5.74, 6) is -0.242. The van der Waals surface area contributed by atoms with Gasteiger partial charge in [0.1, 0.15) is 0 Å². The molecule has 6 heteroatoms. The van der Waals surface area contributed by atoms with Crippen LogP contribution in [0.3, 0.4) is 0 Å². The van der Waals surface area contributed by atoms with Gasteiger partial charge in [0, 0.05) is 17.0 Å². The molecule has 1 saturated heterocycles. The molecule has 166 valence electrons. The number of carbonyl (C=O) groups excluding carboxylic acids is 2. The second-order valence-electron chi connectivity index (χ2n) is 8.09. The molecule has 1 aliphatic rings. The lowest BCUT2D eigenvalue weighted by atomic mass is 10.0. The monoisotopic (exact) mass is 447 g/mol. The molecule has 2 heterocycles. The summed E-state index contributed by atoms with van der Waals surface area (Å²) in [5, 5.41) is 8.27. The maximum atomic E-state index is 13.0. The normalized spacial score (nSPS) is 15.8. The van der Waals surface area contributed by atoms with Gasteiger partial charge in [0.25, 0.3) is 5.91 Å². The predicted molar refractivity (Wildman–Crippen MR) is 129 cm³/mol. The molecule has 0 spiro atoms. The van der Waals surface area contributed by atoms with E-state index in [4.69, 9.17) is 0 Å². The number of nitrogens with zero attached hydrogens (tertiary/aromatic N) is 1. The molecule has 0 radical (unpaired) electrons. The van der Waals surface area contributed by atoms with Crippen LogP contribution in [0.2, 0.25) is 0 Å². The Kier molecular flexibility index (Phi) is 7.69. The summed E-state index contributed by atoms with van der Waals surface area (Å²) in [6.45, 7) is 2.71. The van der Waals surface area contributed by atoms with Crippen LogP contribution in [-0.4, -0.2) is 36.3 Å². The number of nitrogens with one attached hydrogen (secondary N) is 2. The van der Waals surface area contributed by atoms with Crippen molar-refractivity contribution in [3.63, 3.8) is 0 Å². The smallest absolute Gasteiger partial charge is 0.251 e. The summed E-state index contributed by atoms with van der Waals surface area (Å²) < 4.78 is 0. The summed E-state index contributed by atoms with van der Waals surface area (Å²) in [7, 11) is 0. The zero-order chi connectivity index (χ0) is 22.2. The van der Waals surface area contributed by atoms with Gasteiger partial charge in [-0.3, -0.25) is 14.5 Å². The number of thiophene rings is 1. The summed E-state index contributed by atoms with van der Waals surface area (Å²) >= 11 is 1.74. The molecule has 0 bridgehead atoms. The molecule has 3 aromatic rings. The minimum absolute atomic E-state index is 0.0621. The second-order valence-corrected chi connectivity index (χ2v) is 9.06. The zero-order valence-corrected chi connectivity index (χ0v) is 18.9. The van der Waals surface area contributed by atoms with Gasteiger partial charge < -0.3 is 10.6 Å². The topological polar surface area (TPSA) is 61.4 Å². The van der Waals surface area contributed by atoms with Crippen molar-refractivity contribution in [2.45, 2.75) is 31.3 Å². The number of likely N-dealkylation sites (tertiary alicyclic amines) is 1. The van der Waals surface area contributed by atoms with Crippen molar-refractivity contribution in [1.29, 1.82) is 0 Å². The maximum absolute atomic E-state index is 13.0. The summed E-state index contributed by atoms with van der Waals surface area (Å²) in [6, 6.07) is 22.8. The van der Waals surface area contributed by atoms with Crippen molar-refractivity contribution < 1.29 is 9.59 Å². The molecule has 0 aliphatic carbocycles. The van der Waals surface area contributed by atoms with E-state index in [1.807, 2.05) is 48.5 Å². The van der Waals surface area contributed by atoms with Crippen LogP contribution in [0.25, 0.3) is 0 Å². The van der Waals surface area contributed by atoms with Crippen molar-refractivity contribution in [3.8, 4) is 0 Å². The first-order valence-electron chi connectivity index (χ1n) is 11.2. The van der Waals surface area contributed by atoms with Crippen molar-refractivity contribution in [1.82, 2.24) is 15.5 Å². The minimum atomic E-state index is -0.393. The molecule has 2 atom stereocenters. The van der Waals surface area contributed by atoms with Crippen LogP contribution < -0.4 is 10.6 Å². The highest BCUT2D eigenvalue weighted by Crippen LogP contribution is 2.28. The maximum Gasteiger partial charge on any atom is 0.251 e. The lowest BCUT2D eigenvalue weighted by molar-refractivity contribution is -0.121. The van der Waals surface area contributed by atoms with Gasteiger partial charge in [0.05, 0.1) is 18.5 Å². The lowest BCUT2D eigenvalue weighted by Crippen LogP contribution is -2.38. The molecule has 4 rings (SSSR count).